The van der Waals surface area contributed by atoms with Crippen molar-refractivity contribution < 1.29 is 4.79 Å². The molecule has 0 radical (unpaired) electrons. The second kappa shape index (κ2) is 6.11. The molecule has 0 aliphatic heterocycles. The van der Waals surface area contributed by atoms with Gasteiger partial charge in [-0.3, -0.25) is 4.79 Å². The van der Waals surface area contributed by atoms with Gasteiger partial charge in [0.05, 0.1) is 5.92 Å². The van der Waals surface area contributed by atoms with Crippen molar-refractivity contribution in [3.05, 3.63) is 0 Å². The summed E-state index contributed by atoms with van der Waals surface area (Å²) in [5.74, 6) is 0.705. The molecule has 0 saturated heterocycles. The van der Waals surface area contributed by atoms with Gasteiger partial charge in [0.1, 0.15) is 0 Å². The van der Waals surface area contributed by atoms with Crippen molar-refractivity contribution >= 4 is 5.91 Å². The Morgan fingerprint density at radius 1 is 1.40 bits per heavy atom. The van der Waals surface area contributed by atoms with E-state index in [2.05, 4.69) is 19.2 Å². The second-order valence-corrected chi connectivity index (χ2v) is 5.05. The molecule has 3 N–H and O–H groups in total. The van der Waals surface area contributed by atoms with Crippen molar-refractivity contribution in [2.45, 2.75) is 52.0 Å². The van der Waals surface area contributed by atoms with Gasteiger partial charge in [0.15, 0.2) is 0 Å². The lowest BCUT2D eigenvalue weighted by atomic mass is 9.96. The zero-order chi connectivity index (χ0) is 11.3. The molecule has 1 rings (SSSR count). The third kappa shape index (κ3) is 4.20. The summed E-state index contributed by atoms with van der Waals surface area (Å²) in [5.41, 5.74) is 5.64. The Morgan fingerprint density at radius 3 is 2.47 bits per heavy atom. The number of nitrogens with two attached hydrogens (primary N) is 1. The van der Waals surface area contributed by atoms with Crippen molar-refractivity contribution in [1.29, 1.82) is 0 Å². The highest BCUT2D eigenvalue weighted by Crippen LogP contribution is 2.19. The van der Waals surface area contributed by atoms with Gasteiger partial charge in [-0.05, 0) is 25.2 Å². The maximum Gasteiger partial charge on any atom is 0.224 e. The average Bonchev–Trinajstić information content (AvgIpc) is 2.66. The van der Waals surface area contributed by atoms with Gasteiger partial charge in [0.2, 0.25) is 5.91 Å². The van der Waals surface area contributed by atoms with E-state index in [1.54, 1.807) is 0 Å². The Labute approximate surface area is 92.8 Å². The molecule has 1 aliphatic carbocycles. The van der Waals surface area contributed by atoms with Gasteiger partial charge < -0.3 is 11.1 Å². The number of carbonyl (C=O) groups is 1. The Hall–Kier alpha value is -0.570. The molecule has 0 aromatic rings. The van der Waals surface area contributed by atoms with E-state index in [0.717, 1.165) is 19.3 Å². The first-order valence-corrected chi connectivity index (χ1v) is 6.14. The number of nitrogens with one attached hydrogen (secondary N) is 1. The van der Waals surface area contributed by atoms with Crippen LogP contribution in [-0.2, 0) is 4.79 Å². The molecule has 0 spiro atoms. The first kappa shape index (κ1) is 12.5. The Morgan fingerprint density at radius 2 is 2.00 bits per heavy atom. The van der Waals surface area contributed by atoms with E-state index in [1.165, 1.54) is 12.8 Å². The van der Waals surface area contributed by atoms with Crippen LogP contribution in [0.25, 0.3) is 0 Å². The molecule has 1 unspecified atom stereocenters. The first-order valence-electron chi connectivity index (χ1n) is 6.14. The summed E-state index contributed by atoms with van der Waals surface area (Å²) in [4.78, 5) is 11.9. The lowest BCUT2D eigenvalue weighted by Crippen LogP contribution is -2.40. The quantitative estimate of drug-likeness (QED) is 0.728. The van der Waals surface area contributed by atoms with Crippen molar-refractivity contribution in [1.82, 2.24) is 5.32 Å². The maximum atomic E-state index is 11.9. The smallest absolute Gasteiger partial charge is 0.224 e. The lowest BCUT2D eigenvalue weighted by molar-refractivity contribution is -0.125. The van der Waals surface area contributed by atoms with E-state index < -0.39 is 0 Å². The highest BCUT2D eigenvalue weighted by atomic mass is 16.1. The molecule has 0 aromatic heterocycles. The topological polar surface area (TPSA) is 55.1 Å². The summed E-state index contributed by atoms with van der Waals surface area (Å²) in [6.07, 6.45) is 5.69. The van der Waals surface area contributed by atoms with E-state index in [0.29, 0.717) is 18.5 Å². The molecule has 15 heavy (non-hydrogen) atoms. The van der Waals surface area contributed by atoms with E-state index in [4.69, 9.17) is 5.73 Å². The Kier molecular flexibility index (Phi) is 5.09. The van der Waals surface area contributed by atoms with Gasteiger partial charge in [-0.15, -0.1) is 0 Å². The lowest BCUT2D eigenvalue weighted by Gasteiger charge is -2.19. The Bertz CT molecular complexity index is 198. The van der Waals surface area contributed by atoms with E-state index in [-0.39, 0.29) is 11.8 Å². The van der Waals surface area contributed by atoms with Crippen LogP contribution in [0.1, 0.15) is 46.0 Å². The fraction of sp³-hybridized carbons (Fsp3) is 0.917. The van der Waals surface area contributed by atoms with Crippen molar-refractivity contribution in [3.63, 3.8) is 0 Å². The molecule has 0 aromatic carbocycles. The van der Waals surface area contributed by atoms with Crippen LogP contribution in [0, 0.1) is 11.8 Å². The van der Waals surface area contributed by atoms with E-state index in [9.17, 15) is 4.79 Å². The summed E-state index contributed by atoms with van der Waals surface area (Å²) < 4.78 is 0. The number of hydrogen-bond donors (Lipinski definition) is 2. The SMILES string of the molecule is CC(C)CC(CN)C(=O)NC1CCCC1. The molecule has 1 fully saturated rings. The molecular weight excluding hydrogens is 188 g/mol. The number of amides is 1. The summed E-state index contributed by atoms with van der Waals surface area (Å²) >= 11 is 0. The normalized spacial score (nSPS) is 19.5. The molecule has 1 saturated carbocycles. The molecule has 3 heteroatoms. The van der Waals surface area contributed by atoms with Crippen LogP contribution < -0.4 is 11.1 Å². The number of hydrogen-bond acceptors (Lipinski definition) is 2. The van der Waals surface area contributed by atoms with Crippen molar-refractivity contribution in [2.75, 3.05) is 6.54 Å². The van der Waals surface area contributed by atoms with Gasteiger partial charge in [-0.25, -0.2) is 0 Å². The van der Waals surface area contributed by atoms with Crippen LogP contribution in [0.3, 0.4) is 0 Å². The summed E-state index contributed by atoms with van der Waals surface area (Å²) in [6, 6.07) is 0.415. The zero-order valence-corrected chi connectivity index (χ0v) is 9.96. The van der Waals surface area contributed by atoms with Gasteiger partial charge in [0.25, 0.3) is 0 Å². The van der Waals surface area contributed by atoms with Crippen LogP contribution >= 0.6 is 0 Å². The number of carbonyl (C=O) groups excluding carboxylic acids is 1. The summed E-state index contributed by atoms with van der Waals surface area (Å²) in [7, 11) is 0. The largest absolute Gasteiger partial charge is 0.353 e. The molecule has 3 nitrogen and oxygen atoms in total. The van der Waals surface area contributed by atoms with Gasteiger partial charge >= 0.3 is 0 Å². The van der Waals surface area contributed by atoms with E-state index >= 15 is 0 Å². The molecule has 1 amide bonds. The summed E-state index contributed by atoms with van der Waals surface area (Å²) in [5, 5.41) is 3.12. The number of rotatable bonds is 5. The van der Waals surface area contributed by atoms with Crippen LogP contribution in [0.2, 0.25) is 0 Å². The van der Waals surface area contributed by atoms with Crippen LogP contribution in [-0.4, -0.2) is 18.5 Å². The molecule has 88 valence electrons. The minimum atomic E-state index is 0.00519. The van der Waals surface area contributed by atoms with Crippen molar-refractivity contribution in [3.8, 4) is 0 Å². The standard InChI is InChI=1S/C12H24N2O/c1-9(2)7-10(8-13)12(15)14-11-5-3-4-6-11/h9-11H,3-8,13H2,1-2H3,(H,14,15). The molecule has 0 heterocycles. The third-order valence-electron chi connectivity index (χ3n) is 3.11. The Balaban J connectivity index is 2.34. The predicted octanol–water partition coefficient (Wildman–Crippen LogP) is 1.67. The minimum absolute atomic E-state index is 0.00519. The van der Waals surface area contributed by atoms with Crippen LogP contribution in [0.4, 0.5) is 0 Å². The average molecular weight is 212 g/mol. The fourth-order valence-corrected chi connectivity index (χ4v) is 2.27. The van der Waals surface area contributed by atoms with Crippen LogP contribution in [0.5, 0.6) is 0 Å². The van der Waals surface area contributed by atoms with Crippen molar-refractivity contribution in [2.24, 2.45) is 17.6 Å². The first-order chi connectivity index (χ1) is 7.13. The van der Waals surface area contributed by atoms with Gasteiger partial charge in [-0.2, -0.15) is 0 Å². The van der Waals surface area contributed by atoms with Gasteiger partial charge in [0, 0.05) is 12.6 Å². The van der Waals surface area contributed by atoms with Gasteiger partial charge in [-0.1, -0.05) is 26.7 Å². The fourth-order valence-electron chi connectivity index (χ4n) is 2.27. The van der Waals surface area contributed by atoms with Crippen LogP contribution in [0.15, 0.2) is 0 Å². The molecular formula is C12H24N2O. The molecule has 0 bridgehead atoms. The highest BCUT2D eigenvalue weighted by Gasteiger charge is 2.22. The zero-order valence-electron chi connectivity index (χ0n) is 9.96. The molecule has 1 aliphatic rings. The maximum absolute atomic E-state index is 11.9. The minimum Gasteiger partial charge on any atom is -0.353 e. The highest BCUT2D eigenvalue weighted by molar-refractivity contribution is 5.79. The van der Waals surface area contributed by atoms with E-state index in [1.807, 2.05) is 0 Å². The second-order valence-electron chi connectivity index (χ2n) is 5.05. The summed E-state index contributed by atoms with van der Waals surface area (Å²) in [6.45, 7) is 4.73. The third-order valence-corrected chi connectivity index (χ3v) is 3.11. The molecule has 1 atom stereocenters. The monoisotopic (exact) mass is 212 g/mol. The predicted molar refractivity (Wildman–Crippen MR) is 62.4 cm³/mol.